The van der Waals surface area contributed by atoms with Crippen LogP contribution in [0.15, 0.2) is 0 Å². The van der Waals surface area contributed by atoms with Gasteiger partial charge in [-0.05, 0) is 0 Å². The van der Waals surface area contributed by atoms with Crippen LogP contribution in [0.25, 0.3) is 0 Å². The Morgan fingerprint density at radius 2 is 1.08 bits per heavy atom. The van der Waals surface area contributed by atoms with E-state index in [0.717, 1.165) is 27.7 Å². The summed E-state index contributed by atoms with van der Waals surface area (Å²) in [5.41, 5.74) is 5.22. The van der Waals surface area contributed by atoms with Gasteiger partial charge in [0.2, 0.25) is 12.4 Å². The first-order valence-corrected chi connectivity index (χ1v) is 7.16. The summed E-state index contributed by atoms with van der Waals surface area (Å²) < 4.78 is 25.1. The molecule has 140 valence electrons. The van der Waals surface area contributed by atoms with Gasteiger partial charge in [0, 0.05) is 27.7 Å². The van der Waals surface area contributed by atoms with E-state index < -0.39 is 60.5 Å². The third-order valence-electron chi connectivity index (χ3n) is 2.96. The lowest BCUT2D eigenvalue weighted by Gasteiger charge is -2.42. The topological polar surface area (TPSA) is 158 Å². The Bertz CT molecular complexity index is 574. The molecule has 11 nitrogen and oxygen atoms in total. The molecule has 1 saturated heterocycles. The second-order valence-electron chi connectivity index (χ2n) is 5.16. The van der Waals surface area contributed by atoms with E-state index in [-0.39, 0.29) is 0 Å². The van der Waals surface area contributed by atoms with Crippen molar-refractivity contribution in [1.82, 2.24) is 0 Å². The smallest absolute Gasteiger partial charge is 0.305 e. The van der Waals surface area contributed by atoms with E-state index >= 15 is 0 Å². The fourth-order valence-corrected chi connectivity index (χ4v) is 2.26. The number of hydrogen-bond acceptors (Lipinski definition) is 10. The summed E-state index contributed by atoms with van der Waals surface area (Å²) in [6.45, 7) is 4.19. The maximum absolute atomic E-state index is 11.7. The van der Waals surface area contributed by atoms with Crippen LogP contribution < -0.4 is 5.73 Å². The fraction of sp³-hybridized carbons (Fsp3) is 0.643. The number of amides is 1. The minimum atomic E-state index is -1.61. The Morgan fingerprint density at radius 3 is 1.48 bits per heavy atom. The monoisotopic (exact) mass is 361 g/mol. The second-order valence-corrected chi connectivity index (χ2v) is 5.16. The highest BCUT2D eigenvalue weighted by Gasteiger charge is 2.55. The molecule has 1 aliphatic heterocycles. The Kier molecular flexibility index (Phi) is 6.86. The SMILES string of the molecule is CC(=O)OC1OC(C(N)=O)C(OC(C)=O)C(OC(C)=O)C1OC(C)=O. The molecule has 11 heteroatoms. The maximum Gasteiger partial charge on any atom is 0.305 e. The number of hydrogen-bond donors (Lipinski definition) is 1. The molecule has 0 aromatic rings. The van der Waals surface area contributed by atoms with Crippen molar-refractivity contribution in [2.75, 3.05) is 0 Å². The van der Waals surface area contributed by atoms with Gasteiger partial charge in [-0.3, -0.25) is 24.0 Å². The Morgan fingerprint density at radius 1 is 0.680 bits per heavy atom. The summed E-state index contributed by atoms with van der Waals surface area (Å²) in [5, 5.41) is 0. The van der Waals surface area contributed by atoms with Gasteiger partial charge < -0.3 is 29.4 Å². The summed E-state index contributed by atoms with van der Waals surface area (Å²) in [6.07, 6.45) is -7.68. The first-order valence-electron chi connectivity index (χ1n) is 7.16. The molecule has 1 heterocycles. The van der Waals surface area contributed by atoms with Crippen molar-refractivity contribution in [3.8, 4) is 0 Å². The van der Waals surface area contributed by atoms with Crippen molar-refractivity contribution in [1.29, 1.82) is 0 Å². The van der Waals surface area contributed by atoms with Crippen LogP contribution in [0.2, 0.25) is 0 Å². The number of primary amides is 1. The zero-order valence-corrected chi connectivity index (χ0v) is 14.0. The number of rotatable bonds is 5. The van der Waals surface area contributed by atoms with Crippen LogP contribution in [0, 0.1) is 0 Å². The van der Waals surface area contributed by atoms with E-state index in [1.54, 1.807) is 0 Å². The van der Waals surface area contributed by atoms with Crippen LogP contribution in [0.3, 0.4) is 0 Å². The normalized spacial score (nSPS) is 28.4. The molecule has 0 aromatic heterocycles. The van der Waals surface area contributed by atoms with E-state index in [1.807, 2.05) is 0 Å². The van der Waals surface area contributed by atoms with Crippen LogP contribution in [-0.4, -0.2) is 60.5 Å². The van der Waals surface area contributed by atoms with Crippen molar-refractivity contribution in [3.63, 3.8) is 0 Å². The predicted molar refractivity (Wildman–Crippen MR) is 76.3 cm³/mol. The van der Waals surface area contributed by atoms with Crippen LogP contribution >= 0.6 is 0 Å². The highest BCUT2D eigenvalue weighted by molar-refractivity contribution is 5.81. The van der Waals surface area contributed by atoms with Gasteiger partial charge in [0.05, 0.1) is 0 Å². The molecule has 0 saturated carbocycles. The average molecular weight is 361 g/mol. The quantitative estimate of drug-likeness (QED) is 0.454. The van der Waals surface area contributed by atoms with E-state index in [2.05, 4.69) is 0 Å². The van der Waals surface area contributed by atoms with Crippen LogP contribution in [0.5, 0.6) is 0 Å². The Hall–Kier alpha value is -2.69. The van der Waals surface area contributed by atoms with Gasteiger partial charge in [-0.15, -0.1) is 0 Å². The van der Waals surface area contributed by atoms with Crippen molar-refractivity contribution >= 4 is 29.8 Å². The van der Waals surface area contributed by atoms with Crippen molar-refractivity contribution in [2.45, 2.75) is 58.4 Å². The molecule has 2 N–H and O–H groups in total. The average Bonchev–Trinajstić information content (AvgIpc) is 2.42. The molecule has 0 aromatic carbocycles. The van der Waals surface area contributed by atoms with Gasteiger partial charge in [0.25, 0.3) is 5.91 Å². The lowest BCUT2D eigenvalue weighted by Crippen LogP contribution is -2.64. The molecule has 5 unspecified atom stereocenters. The molecule has 0 spiro atoms. The molecule has 25 heavy (non-hydrogen) atoms. The number of ether oxygens (including phenoxy) is 5. The predicted octanol–water partition coefficient (Wildman–Crippen LogP) is -1.45. The molecule has 1 rings (SSSR count). The molecule has 5 atom stereocenters. The summed E-state index contributed by atoms with van der Waals surface area (Å²) >= 11 is 0. The van der Waals surface area contributed by atoms with Crippen LogP contribution in [0.1, 0.15) is 27.7 Å². The lowest BCUT2D eigenvalue weighted by molar-refractivity contribution is -0.290. The van der Waals surface area contributed by atoms with Gasteiger partial charge >= 0.3 is 23.9 Å². The van der Waals surface area contributed by atoms with E-state index in [0.29, 0.717) is 0 Å². The van der Waals surface area contributed by atoms with E-state index in [1.165, 1.54) is 0 Å². The van der Waals surface area contributed by atoms with Gasteiger partial charge in [-0.25, -0.2) is 0 Å². The summed E-state index contributed by atoms with van der Waals surface area (Å²) in [5.74, 6) is -4.36. The first-order chi connectivity index (χ1) is 11.5. The Balaban J connectivity index is 3.33. The summed E-state index contributed by atoms with van der Waals surface area (Å²) in [7, 11) is 0. The number of carbonyl (C=O) groups excluding carboxylic acids is 5. The summed E-state index contributed by atoms with van der Waals surface area (Å²) in [6, 6.07) is 0. The molecular weight excluding hydrogens is 342 g/mol. The first kappa shape index (κ1) is 20.4. The minimum Gasteiger partial charge on any atom is -0.455 e. The molecule has 1 amide bonds. The maximum atomic E-state index is 11.7. The van der Waals surface area contributed by atoms with Gasteiger partial charge in [0.1, 0.15) is 0 Å². The van der Waals surface area contributed by atoms with Gasteiger partial charge in [-0.1, -0.05) is 0 Å². The fourth-order valence-electron chi connectivity index (χ4n) is 2.26. The number of esters is 4. The molecule has 0 bridgehead atoms. The molecule has 0 aliphatic carbocycles. The van der Waals surface area contributed by atoms with Crippen molar-refractivity contribution in [2.24, 2.45) is 5.73 Å². The largest absolute Gasteiger partial charge is 0.455 e. The molecule has 1 fully saturated rings. The van der Waals surface area contributed by atoms with Crippen LogP contribution in [-0.2, 0) is 47.7 Å². The third-order valence-corrected chi connectivity index (χ3v) is 2.96. The zero-order valence-electron chi connectivity index (χ0n) is 14.0. The zero-order chi connectivity index (χ0) is 19.3. The molecule has 0 radical (unpaired) electrons. The third kappa shape index (κ3) is 5.71. The lowest BCUT2D eigenvalue weighted by atomic mass is 9.97. The van der Waals surface area contributed by atoms with Crippen LogP contribution in [0.4, 0.5) is 0 Å². The second kappa shape index (κ2) is 8.42. The van der Waals surface area contributed by atoms with Gasteiger partial charge in [0.15, 0.2) is 18.3 Å². The highest BCUT2D eigenvalue weighted by Crippen LogP contribution is 2.29. The molecular formula is C14H19NO10. The standard InChI is InChI=1S/C14H19NO10/c1-5(16)21-9-10(22-6(2)17)12(23-7(3)18)14(24-8(4)19)25-11(9)13(15)20/h9-12,14H,1-4H3,(H2,15,20). The minimum absolute atomic E-state index is 0.818. The number of nitrogens with two attached hydrogens (primary N) is 1. The van der Waals surface area contributed by atoms with Crippen molar-refractivity contribution < 1.29 is 47.7 Å². The van der Waals surface area contributed by atoms with Gasteiger partial charge in [-0.2, -0.15) is 0 Å². The van der Waals surface area contributed by atoms with E-state index in [9.17, 15) is 24.0 Å². The molecule has 1 aliphatic rings. The Labute approximate surface area is 142 Å². The summed E-state index contributed by atoms with van der Waals surface area (Å²) in [4.78, 5) is 57.0. The number of carbonyl (C=O) groups is 5. The van der Waals surface area contributed by atoms with E-state index in [4.69, 9.17) is 29.4 Å². The highest BCUT2D eigenvalue weighted by atomic mass is 16.7. The van der Waals surface area contributed by atoms with Crippen molar-refractivity contribution in [3.05, 3.63) is 0 Å².